The summed E-state index contributed by atoms with van der Waals surface area (Å²) in [5.74, 6) is 1.53. The highest BCUT2D eigenvalue weighted by Gasteiger charge is 2.26. The molecule has 0 radical (unpaired) electrons. The second-order valence-corrected chi connectivity index (χ2v) is 13.1. The number of pyridine rings is 1. The summed E-state index contributed by atoms with van der Waals surface area (Å²) in [6, 6.07) is 8.65. The zero-order valence-corrected chi connectivity index (χ0v) is 24.0. The molecule has 0 spiro atoms. The third-order valence-electron chi connectivity index (χ3n) is 6.66. The highest BCUT2D eigenvalue weighted by molar-refractivity contribution is 8.15. The number of nitrogens with zero attached hydrogens (tertiary/aromatic N) is 3. The van der Waals surface area contributed by atoms with E-state index in [1.165, 1.54) is 17.2 Å². The number of sulfone groups is 1. The molecule has 1 atom stereocenters. The molecule has 2 N–H and O–H groups in total. The van der Waals surface area contributed by atoms with E-state index in [0.29, 0.717) is 50.0 Å². The maximum atomic E-state index is 12.4. The van der Waals surface area contributed by atoms with E-state index in [1.807, 2.05) is 18.2 Å². The van der Waals surface area contributed by atoms with Crippen molar-refractivity contribution in [3.63, 3.8) is 0 Å². The Morgan fingerprint density at radius 1 is 1.23 bits per heavy atom. The van der Waals surface area contributed by atoms with Crippen LogP contribution in [-0.4, -0.2) is 96.9 Å². The van der Waals surface area contributed by atoms with E-state index in [2.05, 4.69) is 15.0 Å². The number of aliphatic hydroxyl groups is 1. The number of aromatic amines is 1. The van der Waals surface area contributed by atoms with E-state index in [9.17, 15) is 13.2 Å². The fourth-order valence-corrected chi connectivity index (χ4v) is 6.14. The van der Waals surface area contributed by atoms with Crippen LogP contribution in [0.1, 0.15) is 25.0 Å². The Morgan fingerprint density at radius 2 is 2.02 bits per heavy atom. The fraction of sp³-hybridized carbons (Fsp3) is 0.444. The standard InChI is InChI=1S/C27H32N4O7S2/c1-31(7-8-32)25(33)14-21-16-29-27(39-21)22-12-17-11-20(37-19-3-4-24(28-15-19)40(2,34)35)13-23(26(17)30-22)38-18-5-9-36-10-6-18/h3-4,11-13,15,18,21,30,32H,5-10,14,16H2,1-2H3. The molecule has 40 heavy (non-hydrogen) atoms. The van der Waals surface area contributed by atoms with Crippen molar-refractivity contribution in [2.45, 2.75) is 35.6 Å². The lowest BCUT2D eigenvalue weighted by molar-refractivity contribution is -0.130. The van der Waals surface area contributed by atoms with Gasteiger partial charge in [-0.2, -0.15) is 0 Å². The number of benzene rings is 1. The maximum absolute atomic E-state index is 12.4. The first kappa shape index (κ1) is 28.4. The van der Waals surface area contributed by atoms with Crippen LogP contribution in [0.4, 0.5) is 0 Å². The molecular weight excluding hydrogens is 556 g/mol. The number of hydrogen-bond acceptors (Lipinski definition) is 10. The van der Waals surface area contributed by atoms with E-state index in [-0.39, 0.29) is 28.9 Å². The SMILES string of the molecule is CN(CCO)C(=O)CC1CN=C(c2cc3cc(Oc4ccc(S(C)(=O)=O)nc4)cc(OC4CCOCC4)c3[nH]2)S1. The number of aliphatic hydroxyl groups excluding tert-OH is 1. The van der Waals surface area contributed by atoms with Crippen molar-refractivity contribution in [2.24, 2.45) is 4.99 Å². The Kier molecular flexibility index (Phi) is 8.64. The first-order chi connectivity index (χ1) is 19.2. The third kappa shape index (κ3) is 6.77. The molecule has 4 heterocycles. The molecule has 2 aliphatic heterocycles. The van der Waals surface area contributed by atoms with Crippen molar-refractivity contribution in [3.8, 4) is 17.2 Å². The Hall–Kier alpha value is -3.13. The summed E-state index contributed by atoms with van der Waals surface area (Å²) in [6.07, 6.45) is 4.39. The highest BCUT2D eigenvalue weighted by Crippen LogP contribution is 2.37. The fourth-order valence-electron chi connectivity index (χ4n) is 4.50. The number of carbonyl (C=O) groups is 1. The molecule has 1 saturated heterocycles. The second kappa shape index (κ2) is 12.2. The number of aliphatic imine (C=N–C) groups is 1. The molecule has 1 aromatic carbocycles. The molecule has 1 amide bonds. The average Bonchev–Trinajstić information content (AvgIpc) is 3.56. The smallest absolute Gasteiger partial charge is 0.223 e. The van der Waals surface area contributed by atoms with Gasteiger partial charge < -0.3 is 29.2 Å². The number of amides is 1. The van der Waals surface area contributed by atoms with Gasteiger partial charge in [0.05, 0.1) is 43.8 Å². The van der Waals surface area contributed by atoms with Crippen LogP contribution in [0, 0.1) is 0 Å². The van der Waals surface area contributed by atoms with E-state index in [0.717, 1.165) is 40.7 Å². The predicted molar refractivity (Wildman–Crippen MR) is 152 cm³/mol. The topological polar surface area (TPSA) is 143 Å². The number of likely N-dealkylation sites (N-methyl/N-ethyl adjacent to an activating group) is 1. The largest absolute Gasteiger partial charge is 0.488 e. The van der Waals surface area contributed by atoms with Crippen molar-refractivity contribution in [1.29, 1.82) is 0 Å². The van der Waals surface area contributed by atoms with Gasteiger partial charge in [-0.3, -0.25) is 9.79 Å². The molecule has 214 valence electrons. The summed E-state index contributed by atoms with van der Waals surface area (Å²) < 4.78 is 41.4. The van der Waals surface area contributed by atoms with Gasteiger partial charge in [-0.15, -0.1) is 0 Å². The molecule has 13 heteroatoms. The first-order valence-electron chi connectivity index (χ1n) is 13.0. The lowest BCUT2D eigenvalue weighted by Crippen LogP contribution is -2.31. The molecule has 3 aromatic rings. The number of ether oxygens (including phenoxy) is 3. The van der Waals surface area contributed by atoms with E-state index < -0.39 is 9.84 Å². The quantitative estimate of drug-likeness (QED) is 0.365. The van der Waals surface area contributed by atoms with Crippen molar-refractivity contribution >= 4 is 43.5 Å². The zero-order valence-electron chi connectivity index (χ0n) is 22.3. The minimum atomic E-state index is -3.41. The van der Waals surface area contributed by atoms with Crippen LogP contribution in [0.25, 0.3) is 10.9 Å². The van der Waals surface area contributed by atoms with Crippen LogP contribution in [0.5, 0.6) is 17.2 Å². The summed E-state index contributed by atoms with van der Waals surface area (Å²) in [7, 11) is -1.73. The summed E-state index contributed by atoms with van der Waals surface area (Å²) in [5, 5.41) is 10.8. The lowest BCUT2D eigenvalue weighted by atomic mass is 10.1. The monoisotopic (exact) mass is 588 g/mol. The summed E-state index contributed by atoms with van der Waals surface area (Å²) >= 11 is 1.56. The Morgan fingerprint density at radius 3 is 2.73 bits per heavy atom. The van der Waals surface area contributed by atoms with Gasteiger partial charge in [-0.25, -0.2) is 13.4 Å². The van der Waals surface area contributed by atoms with Gasteiger partial charge in [0.1, 0.15) is 28.4 Å². The van der Waals surface area contributed by atoms with Crippen molar-refractivity contribution in [3.05, 3.63) is 42.2 Å². The third-order valence-corrected chi connectivity index (χ3v) is 8.89. The molecule has 2 aliphatic rings. The first-order valence-corrected chi connectivity index (χ1v) is 15.8. The van der Waals surface area contributed by atoms with Crippen molar-refractivity contribution < 1.29 is 32.5 Å². The summed E-state index contributed by atoms with van der Waals surface area (Å²) in [6.45, 7) is 2.05. The molecule has 0 aliphatic carbocycles. The molecule has 0 bridgehead atoms. The van der Waals surface area contributed by atoms with Crippen LogP contribution in [0.15, 0.2) is 46.5 Å². The Labute approximate surface area is 236 Å². The second-order valence-electron chi connectivity index (χ2n) is 9.83. The molecule has 11 nitrogen and oxygen atoms in total. The number of nitrogens with one attached hydrogen (secondary N) is 1. The van der Waals surface area contributed by atoms with Crippen molar-refractivity contribution in [1.82, 2.24) is 14.9 Å². The van der Waals surface area contributed by atoms with Crippen LogP contribution >= 0.6 is 11.8 Å². The normalized spacial score (nSPS) is 18.1. The van der Waals surface area contributed by atoms with Crippen LogP contribution < -0.4 is 9.47 Å². The molecule has 1 unspecified atom stereocenters. The van der Waals surface area contributed by atoms with Gasteiger partial charge in [0, 0.05) is 55.8 Å². The van der Waals surface area contributed by atoms with Crippen LogP contribution in [0.2, 0.25) is 0 Å². The lowest BCUT2D eigenvalue weighted by Gasteiger charge is -2.24. The molecule has 2 aromatic heterocycles. The molecule has 5 rings (SSSR count). The minimum Gasteiger partial charge on any atom is -0.488 e. The van der Waals surface area contributed by atoms with Gasteiger partial charge in [0.15, 0.2) is 14.9 Å². The molecule has 1 fully saturated rings. The molecule has 0 saturated carbocycles. The highest BCUT2D eigenvalue weighted by atomic mass is 32.2. The summed E-state index contributed by atoms with van der Waals surface area (Å²) in [5.41, 5.74) is 1.64. The summed E-state index contributed by atoms with van der Waals surface area (Å²) in [4.78, 5) is 26.1. The van der Waals surface area contributed by atoms with E-state index in [4.69, 9.17) is 19.3 Å². The van der Waals surface area contributed by atoms with Gasteiger partial charge in [-0.05, 0) is 24.3 Å². The van der Waals surface area contributed by atoms with Gasteiger partial charge in [0.25, 0.3) is 0 Å². The van der Waals surface area contributed by atoms with Crippen LogP contribution in [-0.2, 0) is 19.4 Å². The number of aromatic nitrogens is 2. The van der Waals surface area contributed by atoms with Gasteiger partial charge in [0.2, 0.25) is 5.91 Å². The van der Waals surface area contributed by atoms with Gasteiger partial charge in [-0.1, -0.05) is 11.8 Å². The van der Waals surface area contributed by atoms with Crippen molar-refractivity contribution in [2.75, 3.05) is 46.2 Å². The van der Waals surface area contributed by atoms with E-state index >= 15 is 0 Å². The molecular formula is C27H32N4O7S2. The van der Waals surface area contributed by atoms with E-state index in [1.54, 1.807) is 24.9 Å². The number of thioether (sulfide) groups is 1. The average molecular weight is 589 g/mol. The van der Waals surface area contributed by atoms with Crippen LogP contribution in [0.3, 0.4) is 0 Å². The predicted octanol–water partition coefficient (Wildman–Crippen LogP) is 3.02. The maximum Gasteiger partial charge on any atom is 0.223 e. The van der Waals surface area contributed by atoms with Gasteiger partial charge >= 0.3 is 0 Å². The Bertz CT molecular complexity index is 1500. The number of carbonyl (C=O) groups excluding carboxylic acids is 1. The minimum absolute atomic E-state index is 0.000778. The number of rotatable bonds is 10. The Balaban J connectivity index is 1.38. The number of hydrogen-bond donors (Lipinski definition) is 2. The number of H-pyrrole nitrogens is 1. The zero-order chi connectivity index (χ0) is 28.3. The number of fused-ring (bicyclic) bond motifs is 1.